The number of aromatic nitrogens is 1. The van der Waals surface area contributed by atoms with E-state index in [9.17, 15) is 9.18 Å². The molecular weight excluding hydrogens is 411 g/mol. The first kappa shape index (κ1) is 20.2. The molecule has 33 heavy (non-hydrogen) atoms. The molecule has 0 saturated heterocycles. The topological polar surface area (TPSA) is 34.0 Å². The lowest BCUT2D eigenvalue weighted by Gasteiger charge is -2.54. The largest absolute Gasteiger partial charge is 0.349 e. The number of rotatable bonds is 5. The number of hydrogen-bond donors (Lipinski definition) is 1. The number of nitrogens with zero attached hydrogens (tertiary/aromatic N) is 1. The zero-order valence-corrected chi connectivity index (χ0v) is 18.6. The highest BCUT2D eigenvalue weighted by Crippen LogP contribution is 2.55. The van der Waals surface area contributed by atoms with Gasteiger partial charge in [-0.25, -0.2) is 4.39 Å². The summed E-state index contributed by atoms with van der Waals surface area (Å²) in [5, 5.41) is 3.69. The Morgan fingerprint density at radius 2 is 1.67 bits per heavy atom. The van der Waals surface area contributed by atoms with Gasteiger partial charge in [0.1, 0.15) is 5.82 Å². The van der Waals surface area contributed by atoms with E-state index in [-0.39, 0.29) is 17.8 Å². The average molecular weight is 439 g/mol. The molecule has 6 rings (SSSR count). The molecule has 0 radical (unpaired) electrons. The van der Waals surface area contributed by atoms with Crippen LogP contribution < -0.4 is 5.32 Å². The smallest absolute Gasteiger partial charge is 0.253 e. The first-order valence-corrected chi connectivity index (χ1v) is 11.8. The Morgan fingerprint density at radius 1 is 0.939 bits per heavy atom. The Kier molecular flexibility index (Phi) is 4.83. The Balaban J connectivity index is 1.25. The van der Waals surface area contributed by atoms with E-state index in [1.165, 1.54) is 30.9 Å². The predicted molar refractivity (Wildman–Crippen MR) is 130 cm³/mol. The number of nitrogens with one attached hydrogen (secondary N) is 1. The first-order valence-electron chi connectivity index (χ1n) is 11.8. The molecule has 3 nitrogen and oxygen atoms in total. The van der Waals surface area contributed by atoms with Crippen molar-refractivity contribution in [2.45, 2.75) is 44.7 Å². The highest BCUT2D eigenvalue weighted by molar-refractivity contribution is 6.06. The summed E-state index contributed by atoms with van der Waals surface area (Å²) in [6.45, 7) is 0.578. The van der Waals surface area contributed by atoms with E-state index in [1.54, 1.807) is 12.1 Å². The summed E-state index contributed by atoms with van der Waals surface area (Å²) in [6.07, 6.45) is 7.95. The van der Waals surface area contributed by atoms with Gasteiger partial charge in [-0.05, 0) is 66.0 Å². The summed E-state index contributed by atoms with van der Waals surface area (Å²) in [6, 6.07) is 23.7. The molecular formula is C29H27FN2O. The van der Waals surface area contributed by atoms with E-state index in [1.807, 2.05) is 29.0 Å². The minimum absolute atomic E-state index is 0.0986. The predicted octanol–water partition coefficient (Wildman–Crippen LogP) is 6.56. The number of halogens is 1. The molecule has 0 bridgehead atoms. The van der Waals surface area contributed by atoms with E-state index < -0.39 is 0 Å². The molecule has 166 valence electrons. The Morgan fingerprint density at radius 3 is 2.36 bits per heavy atom. The fourth-order valence-corrected chi connectivity index (χ4v) is 5.67. The minimum Gasteiger partial charge on any atom is -0.349 e. The van der Waals surface area contributed by atoms with Crippen molar-refractivity contribution < 1.29 is 9.18 Å². The molecule has 2 aliphatic rings. The molecule has 0 unspecified atom stereocenters. The quantitative estimate of drug-likeness (QED) is 0.376. The first-order chi connectivity index (χ1) is 16.1. The van der Waals surface area contributed by atoms with Crippen LogP contribution in [0.4, 0.5) is 4.39 Å². The number of carbonyl (C=O) groups is 1. The maximum Gasteiger partial charge on any atom is 0.253 e. The standard InChI is InChI=1S/C29H27FN2O/c30-26-12-11-25(28(33)31-23-17-29(18-23)14-4-15-29)27-24(26)13-16-32(27)19-20-7-9-22(10-8-20)21-5-2-1-3-6-21/h1-3,5-13,16,23H,4,14-15,17-19H2,(H,31,33). The molecule has 1 N–H and O–H groups in total. The van der Waals surface area contributed by atoms with E-state index in [0.29, 0.717) is 28.4 Å². The zero-order valence-electron chi connectivity index (χ0n) is 18.6. The van der Waals surface area contributed by atoms with Crippen molar-refractivity contribution in [2.75, 3.05) is 0 Å². The Bertz CT molecular complexity index is 1310. The van der Waals surface area contributed by atoms with Crippen LogP contribution in [-0.2, 0) is 6.54 Å². The van der Waals surface area contributed by atoms with E-state index in [0.717, 1.165) is 24.0 Å². The van der Waals surface area contributed by atoms with Gasteiger partial charge in [-0.2, -0.15) is 0 Å². The van der Waals surface area contributed by atoms with Crippen molar-refractivity contribution >= 4 is 16.8 Å². The van der Waals surface area contributed by atoms with Crippen molar-refractivity contribution in [3.8, 4) is 11.1 Å². The average Bonchev–Trinajstić information content (AvgIpc) is 3.20. The number of carbonyl (C=O) groups excluding carboxylic acids is 1. The third-order valence-corrected chi connectivity index (χ3v) is 7.64. The van der Waals surface area contributed by atoms with E-state index in [4.69, 9.17) is 0 Å². The molecule has 0 atom stereocenters. The summed E-state index contributed by atoms with van der Waals surface area (Å²) in [7, 11) is 0. The lowest BCUT2D eigenvalue weighted by Crippen LogP contribution is -2.53. The fraction of sp³-hybridized carbons (Fsp3) is 0.276. The fourth-order valence-electron chi connectivity index (χ4n) is 5.67. The number of fused-ring (bicyclic) bond motifs is 1. The van der Waals surface area contributed by atoms with Crippen molar-refractivity contribution in [2.24, 2.45) is 5.41 Å². The molecule has 1 heterocycles. The van der Waals surface area contributed by atoms with Gasteiger partial charge in [0.25, 0.3) is 5.91 Å². The second-order valence-electron chi connectivity index (χ2n) is 9.80. The molecule has 4 heteroatoms. The molecule has 2 saturated carbocycles. The van der Waals surface area contributed by atoms with Crippen LogP contribution in [0.2, 0.25) is 0 Å². The van der Waals surface area contributed by atoms with E-state index >= 15 is 0 Å². The van der Waals surface area contributed by atoms with Gasteiger partial charge in [0.15, 0.2) is 0 Å². The molecule has 1 spiro atoms. The molecule has 2 fully saturated rings. The van der Waals surface area contributed by atoms with Crippen LogP contribution >= 0.6 is 0 Å². The molecule has 1 aromatic heterocycles. The van der Waals surface area contributed by atoms with Gasteiger partial charge >= 0.3 is 0 Å². The third kappa shape index (κ3) is 3.64. The third-order valence-electron chi connectivity index (χ3n) is 7.64. The Labute approximate surface area is 193 Å². The highest BCUT2D eigenvalue weighted by atomic mass is 19.1. The number of hydrogen-bond acceptors (Lipinski definition) is 1. The van der Waals surface area contributed by atoms with Crippen LogP contribution in [0.3, 0.4) is 0 Å². The normalized spacial score (nSPS) is 17.0. The van der Waals surface area contributed by atoms with Gasteiger partial charge in [-0.3, -0.25) is 4.79 Å². The Hall–Kier alpha value is -3.40. The van der Waals surface area contributed by atoms with Crippen LogP contribution in [0, 0.1) is 11.2 Å². The molecule has 0 aliphatic heterocycles. The van der Waals surface area contributed by atoms with Crippen LogP contribution in [0.25, 0.3) is 22.0 Å². The van der Waals surface area contributed by atoms with E-state index in [2.05, 4.69) is 41.7 Å². The number of benzene rings is 3. The molecule has 4 aromatic rings. The van der Waals surface area contributed by atoms with Crippen molar-refractivity contribution in [1.29, 1.82) is 0 Å². The van der Waals surface area contributed by atoms with Crippen molar-refractivity contribution in [3.63, 3.8) is 0 Å². The van der Waals surface area contributed by atoms with Crippen LogP contribution in [0.1, 0.15) is 48.0 Å². The maximum atomic E-state index is 14.6. The monoisotopic (exact) mass is 438 g/mol. The van der Waals surface area contributed by atoms with Gasteiger partial charge < -0.3 is 9.88 Å². The summed E-state index contributed by atoms with van der Waals surface area (Å²) < 4.78 is 16.6. The van der Waals surface area contributed by atoms with Gasteiger partial charge in [-0.1, -0.05) is 61.0 Å². The van der Waals surface area contributed by atoms with Crippen molar-refractivity contribution in [3.05, 3.63) is 95.9 Å². The van der Waals surface area contributed by atoms with Crippen LogP contribution in [-0.4, -0.2) is 16.5 Å². The molecule has 2 aliphatic carbocycles. The summed E-state index contributed by atoms with van der Waals surface area (Å²) in [4.78, 5) is 13.1. The van der Waals surface area contributed by atoms with Crippen LogP contribution in [0.5, 0.6) is 0 Å². The lowest BCUT2D eigenvalue weighted by atomic mass is 9.54. The maximum absolute atomic E-state index is 14.6. The second kappa shape index (κ2) is 7.87. The van der Waals surface area contributed by atoms with Crippen LogP contribution in [0.15, 0.2) is 79.0 Å². The number of amides is 1. The summed E-state index contributed by atoms with van der Waals surface area (Å²) in [5.74, 6) is -0.393. The van der Waals surface area contributed by atoms with Gasteiger partial charge in [0, 0.05) is 24.2 Å². The second-order valence-corrected chi connectivity index (χ2v) is 9.80. The van der Waals surface area contributed by atoms with Gasteiger partial charge in [0.2, 0.25) is 0 Å². The lowest BCUT2D eigenvalue weighted by molar-refractivity contribution is -0.000603. The van der Waals surface area contributed by atoms with Gasteiger partial charge in [-0.15, -0.1) is 0 Å². The summed E-state index contributed by atoms with van der Waals surface area (Å²) in [5.41, 5.74) is 5.16. The van der Waals surface area contributed by atoms with Crippen molar-refractivity contribution in [1.82, 2.24) is 9.88 Å². The molecule has 1 amide bonds. The van der Waals surface area contributed by atoms with Gasteiger partial charge in [0.05, 0.1) is 11.1 Å². The minimum atomic E-state index is -0.295. The SMILES string of the molecule is O=C(NC1CC2(CCC2)C1)c1ccc(F)c2ccn(Cc3ccc(-c4ccccc4)cc3)c12. The molecule has 3 aromatic carbocycles. The highest BCUT2D eigenvalue weighted by Gasteiger charge is 2.48. The summed E-state index contributed by atoms with van der Waals surface area (Å²) >= 11 is 0. The zero-order chi connectivity index (χ0) is 22.4.